The van der Waals surface area contributed by atoms with Gasteiger partial charge < -0.3 is 9.30 Å². The summed E-state index contributed by atoms with van der Waals surface area (Å²) < 4.78 is 30.5. The Morgan fingerprint density at radius 1 is 1.25 bits per heavy atom. The summed E-state index contributed by atoms with van der Waals surface area (Å²) in [6, 6.07) is 11.0. The lowest BCUT2D eigenvalue weighted by Gasteiger charge is -2.04. The first kappa shape index (κ1) is 20.4. The van der Waals surface area contributed by atoms with E-state index in [9.17, 15) is 18.0 Å². The fraction of sp³-hybridized carbons (Fsp3) is 0.118. The number of nitrogens with zero attached hydrogens (tertiary/aromatic N) is 2. The fourth-order valence-corrected chi connectivity index (χ4v) is 4.58. The number of halogens is 1. The summed E-state index contributed by atoms with van der Waals surface area (Å²) in [4.78, 5) is 28.7. The number of sulfonamides is 1. The van der Waals surface area contributed by atoms with Crippen LogP contribution in [0.2, 0.25) is 0 Å². The molecule has 28 heavy (non-hydrogen) atoms. The molecule has 0 atom stereocenters. The molecule has 0 aliphatic heterocycles. The predicted molar refractivity (Wildman–Crippen MR) is 107 cm³/mol. The van der Waals surface area contributed by atoms with Crippen molar-refractivity contribution >= 4 is 59.4 Å². The molecule has 0 spiro atoms. The summed E-state index contributed by atoms with van der Waals surface area (Å²) in [5, 5.41) is 5.18. The van der Waals surface area contributed by atoms with Gasteiger partial charge in [0.05, 0.1) is 27.8 Å². The molecule has 0 saturated carbocycles. The number of nitrogens with two attached hydrogens (primary N) is 1. The molecule has 0 saturated heterocycles. The molecule has 11 heteroatoms. The average molecular weight is 484 g/mol. The second-order valence-corrected chi connectivity index (χ2v) is 9.04. The molecule has 1 amide bonds. The summed E-state index contributed by atoms with van der Waals surface area (Å²) in [5.74, 6) is -1.05. The number of ether oxygens (including phenoxy) is 1. The van der Waals surface area contributed by atoms with Crippen LogP contribution >= 0.6 is 27.3 Å². The number of carbonyl (C=O) groups excluding carboxylic acids is 2. The molecule has 3 rings (SSSR count). The van der Waals surface area contributed by atoms with E-state index in [4.69, 9.17) is 9.88 Å². The summed E-state index contributed by atoms with van der Waals surface area (Å²) >= 11 is 4.38. The van der Waals surface area contributed by atoms with Gasteiger partial charge in [0.2, 0.25) is 10.0 Å². The number of amides is 1. The standard InChI is InChI=1S/C17H14BrN3O5S2/c1-26-15(22)9-21-13-7-6-10(28(19,24)25)8-14(13)27-17(21)20-16(23)11-4-2-3-5-12(11)18/h2-8H,9H2,1H3,(H2,19,24,25). The van der Waals surface area contributed by atoms with Crippen LogP contribution in [0.5, 0.6) is 0 Å². The Morgan fingerprint density at radius 3 is 2.61 bits per heavy atom. The summed E-state index contributed by atoms with van der Waals surface area (Å²) in [6.45, 7) is -0.187. The normalized spacial score (nSPS) is 12.3. The van der Waals surface area contributed by atoms with E-state index in [1.807, 2.05) is 0 Å². The van der Waals surface area contributed by atoms with Crippen molar-refractivity contribution in [3.63, 3.8) is 0 Å². The lowest BCUT2D eigenvalue weighted by molar-refractivity contribution is -0.141. The Labute approximate surface area is 172 Å². The van der Waals surface area contributed by atoms with Crippen LogP contribution in [0, 0.1) is 0 Å². The quantitative estimate of drug-likeness (QED) is 0.568. The number of primary sulfonamides is 1. The van der Waals surface area contributed by atoms with Gasteiger partial charge in [-0.3, -0.25) is 9.59 Å². The zero-order valence-corrected chi connectivity index (χ0v) is 17.7. The van der Waals surface area contributed by atoms with Crippen molar-refractivity contribution in [2.24, 2.45) is 10.1 Å². The molecule has 0 bridgehead atoms. The molecule has 0 aliphatic rings. The molecule has 1 aromatic heterocycles. The molecule has 3 aromatic rings. The third-order valence-corrected chi connectivity index (χ3v) is 6.44. The molecule has 2 N–H and O–H groups in total. The van der Waals surface area contributed by atoms with Gasteiger partial charge >= 0.3 is 5.97 Å². The molecule has 0 radical (unpaired) electrons. The lowest BCUT2D eigenvalue weighted by atomic mass is 10.2. The molecular weight excluding hydrogens is 470 g/mol. The Kier molecular flexibility index (Phi) is 5.79. The van der Waals surface area contributed by atoms with Crippen molar-refractivity contribution in [1.29, 1.82) is 0 Å². The van der Waals surface area contributed by atoms with Crippen LogP contribution < -0.4 is 9.94 Å². The first-order chi connectivity index (χ1) is 13.2. The van der Waals surface area contributed by atoms with Crippen LogP contribution in [0.25, 0.3) is 10.2 Å². The van der Waals surface area contributed by atoms with Crippen molar-refractivity contribution in [3.05, 3.63) is 57.3 Å². The number of fused-ring (bicyclic) bond motifs is 1. The minimum Gasteiger partial charge on any atom is -0.468 e. The number of esters is 1. The maximum Gasteiger partial charge on any atom is 0.325 e. The van der Waals surface area contributed by atoms with Crippen LogP contribution in [0.1, 0.15) is 10.4 Å². The molecule has 2 aromatic carbocycles. The van der Waals surface area contributed by atoms with Crippen LogP contribution in [-0.4, -0.2) is 32.0 Å². The molecule has 0 aliphatic carbocycles. The van der Waals surface area contributed by atoms with E-state index in [1.54, 1.807) is 24.3 Å². The molecule has 0 unspecified atom stereocenters. The van der Waals surface area contributed by atoms with Gasteiger partial charge in [-0.25, -0.2) is 13.6 Å². The SMILES string of the molecule is COC(=O)Cn1c(=NC(=O)c2ccccc2Br)sc2cc(S(N)(=O)=O)ccc21. The number of benzene rings is 2. The number of hydrogen-bond donors (Lipinski definition) is 1. The molecule has 8 nitrogen and oxygen atoms in total. The first-order valence-corrected chi connectivity index (χ1v) is 10.9. The van der Waals surface area contributed by atoms with Crippen molar-refractivity contribution < 1.29 is 22.7 Å². The molecule has 1 heterocycles. The van der Waals surface area contributed by atoms with E-state index in [0.717, 1.165) is 11.3 Å². The van der Waals surface area contributed by atoms with Crippen LogP contribution in [0.4, 0.5) is 0 Å². The van der Waals surface area contributed by atoms with Gasteiger partial charge in [-0.2, -0.15) is 4.99 Å². The van der Waals surface area contributed by atoms with Crippen molar-refractivity contribution in [1.82, 2.24) is 4.57 Å². The lowest BCUT2D eigenvalue weighted by Crippen LogP contribution is -2.22. The third kappa shape index (κ3) is 4.22. The first-order valence-electron chi connectivity index (χ1n) is 7.77. The number of rotatable bonds is 4. The Hall–Kier alpha value is -2.34. The van der Waals surface area contributed by atoms with E-state index in [2.05, 4.69) is 20.9 Å². The van der Waals surface area contributed by atoms with E-state index in [0.29, 0.717) is 20.3 Å². The van der Waals surface area contributed by atoms with Gasteiger partial charge in [0, 0.05) is 4.47 Å². The Morgan fingerprint density at radius 2 is 1.96 bits per heavy atom. The van der Waals surface area contributed by atoms with Crippen LogP contribution in [0.15, 0.2) is 56.8 Å². The zero-order chi connectivity index (χ0) is 20.5. The number of methoxy groups -OCH3 is 1. The van der Waals surface area contributed by atoms with E-state index in [-0.39, 0.29) is 16.2 Å². The minimum absolute atomic E-state index is 0.0739. The Balaban J connectivity index is 2.22. The maximum atomic E-state index is 12.6. The highest BCUT2D eigenvalue weighted by Crippen LogP contribution is 2.22. The van der Waals surface area contributed by atoms with E-state index in [1.165, 1.54) is 29.9 Å². The van der Waals surface area contributed by atoms with Gasteiger partial charge in [-0.1, -0.05) is 23.5 Å². The van der Waals surface area contributed by atoms with Crippen molar-refractivity contribution in [2.45, 2.75) is 11.4 Å². The van der Waals surface area contributed by atoms with E-state index < -0.39 is 21.9 Å². The smallest absolute Gasteiger partial charge is 0.325 e. The van der Waals surface area contributed by atoms with Crippen molar-refractivity contribution in [3.8, 4) is 0 Å². The monoisotopic (exact) mass is 483 g/mol. The Bertz CT molecular complexity index is 1260. The number of carbonyl (C=O) groups is 2. The number of aromatic nitrogens is 1. The molecular formula is C17H14BrN3O5S2. The highest BCUT2D eigenvalue weighted by molar-refractivity contribution is 9.10. The molecule has 146 valence electrons. The second-order valence-electron chi connectivity index (χ2n) is 5.62. The van der Waals surface area contributed by atoms with Gasteiger partial charge in [0.15, 0.2) is 4.80 Å². The van der Waals surface area contributed by atoms with Gasteiger partial charge in [0.25, 0.3) is 5.91 Å². The number of thiazole rings is 1. The van der Waals surface area contributed by atoms with E-state index >= 15 is 0 Å². The largest absolute Gasteiger partial charge is 0.468 e. The van der Waals surface area contributed by atoms with Gasteiger partial charge in [-0.05, 0) is 46.3 Å². The average Bonchev–Trinajstić information content (AvgIpc) is 2.97. The van der Waals surface area contributed by atoms with Gasteiger partial charge in [0.1, 0.15) is 6.54 Å². The zero-order valence-electron chi connectivity index (χ0n) is 14.5. The maximum absolute atomic E-state index is 12.6. The summed E-state index contributed by atoms with van der Waals surface area (Å²) in [5.41, 5.74) is 0.885. The summed E-state index contributed by atoms with van der Waals surface area (Å²) in [6.07, 6.45) is 0. The topological polar surface area (TPSA) is 121 Å². The van der Waals surface area contributed by atoms with Gasteiger partial charge in [-0.15, -0.1) is 0 Å². The minimum atomic E-state index is -3.90. The highest BCUT2D eigenvalue weighted by atomic mass is 79.9. The second kappa shape index (κ2) is 7.95. The third-order valence-electron chi connectivity index (χ3n) is 3.80. The van der Waals surface area contributed by atoms with Crippen LogP contribution in [0.3, 0.4) is 0 Å². The van der Waals surface area contributed by atoms with Crippen LogP contribution in [-0.2, 0) is 26.1 Å². The fourth-order valence-electron chi connectivity index (χ4n) is 2.44. The highest BCUT2D eigenvalue weighted by Gasteiger charge is 2.16. The number of hydrogen-bond acceptors (Lipinski definition) is 6. The summed E-state index contributed by atoms with van der Waals surface area (Å²) in [7, 11) is -2.65. The predicted octanol–water partition coefficient (Wildman–Crippen LogP) is 2.03. The van der Waals surface area contributed by atoms with Crippen molar-refractivity contribution in [2.75, 3.05) is 7.11 Å². The molecule has 0 fully saturated rings.